The van der Waals surface area contributed by atoms with E-state index in [9.17, 15) is 0 Å². The zero-order valence-corrected chi connectivity index (χ0v) is 26.7. The van der Waals surface area contributed by atoms with Gasteiger partial charge in [-0.3, -0.25) is 0 Å². The Morgan fingerprint density at radius 3 is 1.98 bits per heavy atom. The second-order valence-corrected chi connectivity index (χ2v) is 12.7. The average Bonchev–Trinajstić information content (AvgIpc) is 3.38. The van der Waals surface area contributed by atoms with E-state index in [-0.39, 0.29) is 25.5 Å². The Hall–Kier alpha value is -3.39. The van der Waals surface area contributed by atoms with Gasteiger partial charge in [-0.05, 0) is 16.7 Å². The van der Waals surface area contributed by atoms with E-state index in [2.05, 4.69) is 111 Å². The number of fused-ring (bicyclic) bond motifs is 5. The molecule has 7 rings (SSSR count). The molecule has 4 aromatic carbocycles. The molecule has 4 heteroatoms. The molecule has 3 heterocycles. The first kappa shape index (κ1) is 28.1. The van der Waals surface area contributed by atoms with Crippen LogP contribution in [0.5, 0.6) is 0 Å². The van der Waals surface area contributed by atoms with E-state index < -0.39 is 0 Å². The van der Waals surface area contributed by atoms with Crippen molar-refractivity contribution in [3.8, 4) is 22.5 Å². The van der Waals surface area contributed by atoms with Crippen molar-refractivity contribution in [1.29, 1.82) is 0 Å². The van der Waals surface area contributed by atoms with Gasteiger partial charge in [0.2, 0.25) is 0 Å². The molecular weight excluding hydrogens is 732 g/mol. The molecule has 0 saturated carbocycles. The summed E-state index contributed by atoms with van der Waals surface area (Å²) < 4.78 is 2.90. The van der Waals surface area contributed by atoms with Gasteiger partial charge >= 0.3 is 140 Å². The Labute approximate surface area is 255 Å². The van der Waals surface area contributed by atoms with Gasteiger partial charge in [0.05, 0.1) is 0 Å². The van der Waals surface area contributed by atoms with Crippen molar-refractivity contribution in [2.75, 3.05) is 0 Å². The summed E-state index contributed by atoms with van der Waals surface area (Å²) in [6.45, 7) is 6.58. The molecule has 0 fully saturated rings. The molecule has 0 aliphatic carbocycles. The van der Waals surface area contributed by atoms with E-state index in [1.807, 2.05) is 42.6 Å². The van der Waals surface area contributed by atoms with Crippen LogP contribution in [0.4, 0.5) is 0 Å². The fourth-order valence-electron chi connectivity index (χ4n) is 4.69. The fraction of sp³-hybridized carbons (Fsp3) is 0.111. The Morgan fingerprint density at radius 1 is 0.675 bits per heavy atom. The number of hydrogen-bond acceptors (Lipinski definition) is 2. The number of pyridine rings is 2. The second-order valence-electron chi connectivity index (χ2n) is 10.5. The minimum absolute atomic E-state index is 0. The predicted octanol–water partition coefficient (Wildman–Crippen LogP) is 8.91. The van der Waals surface area contributed by atoms with Crippen LogP contribution in [-0.2, 0) is 25.5 Å². The molecule has 0 N–H and O–H groups in total. The molecule has 2 nitrogen and oxygen atoms in total. The summed E-state index contributed by atoms with van der Waals surface area (Å²) in [6, 6.07) is 44.0. The molecule has 0 bridgehead atoms. The molecule has 0 atom stereocenters. The maximum absolute atomic E-state index is 4.99. The van der Waals surface area contributed by atoms with Crippen LogP contribution in [0, 0.1) is 12.1 Å². The molecule has 7 aromatic rings. The van der Waals surface area contributed by atoms with E-state index >= 15 is 0 Å². The summed E-state index contributed by atoms with van der Waals surface area (Å²) in [6.07, 6.45) is 1.95. The predicted molar refractivity (Wildman–Crippen MR) is 165 cm³/mol. The maximum atomic E-state index is 4.99. The van der Waals surface area contributed by atoms with E-state index in [4.69, 9.17) is 4.98 Å². The molecular formula is C36H28IrN2Se-2. The molecule has 0 spiro atoms. The number of nitrogens with zero attached hydrogens (tertiary/aromatic N) is 2. The zero-order valence-electron chi connectivity index (χ0n) is 22.6. The van der Waals surface area contributed by atoms with Gasteiger partial charge in [-0.1, -0.05) is 32.9 Å². The van der Waals surface area contributed by atoms with Gasteiger partial charge in [-0.15, -0.1) is 35.9 Å². The van der Waals surface area contributed by atoms with Crippen LogP contribution in [0.3, 0.4) is 0 Å². The summed E-state index contributed by atoms with van der Waals surface area (Å²) in [5.41, 5.74) is 6.65. The van der Waals surface area contributed by atoms with Crippen molar-refractivity contribution in [3.63, 3.8) is 0 Å². The summed E-state index contributed by atoms with van der Waals surface area (Å²) in [5.74, 6) is 0. The van der Waals surface area contributed by atoms with Gasteiger partial charge in [-0.2, -0.15) is 0 Å². The SMILES string of the molecule is CC(C)(C)c1ccc(-c2[c-]cccc2)nc1.[Ir].[c-]1ccccc1-c1nc2ccccc2c2[se]c3ccccc3c12. The van der Waals surface area contributed by atoms with Crippen LogP contribution in [0.25, 0.3) is 52.7 Å². The van der Waals surface area contributed by atoms with Crippen molar-refractivity contribution in [1.82, 2.24) is 9.97 Å². The molecule has 1 radical (unpaired) electrons. The van der Waals surface area contributed by atoms with Crippen LogP contribution >= 0.6 is 0 Å². The second kappa shape index (κ2) is 12.0. The van der Waals surface area contributed by atoms with Crippen molar-refractivity contribution in [2.45, 2.75) is 26.2 Å². The third-order valence-electron chi connectivity index (χ3n) is 6.79. The van der Waals surface area contributed by atoms with Gasteiger partial charge in [0, 0.05) is 26.3 Å². The summed E-state index contributed by atoms with van der Waals surface area (Å²) in [7, 11) is 0. The van der Waals surface area contributed by atoms with E-state index in [0.717, 1.165) is 28.0 Å². The Balaban J connectivity index is 0.000000168. The number of para-hydroxylation sites is 1. The van der Waals surface area contributed by atoms with Crippen molar-refractivity contribution >= 4 is 44.7 Å². The monoisotopic (exact) mass is 761 g/mol. The summed E-state index contributed by atoms with van der Waals surface area (Å²) in [5, 5.41) is 3.94. The molecule has 0 aliphatic heterocycles. The Kier molecular flexibility index (Phi) is 8.45. The van der Waals surface area contributed by atoms with Gasteiger partial charge in [-0.25, -0.2) is 0 Å². The van der Waals surface area contributed by atoms with E-state index in [0.29, 0.717) is 14.5 Å². The van der Waals surface area contributed by atoms with Gasteiger partial charge < -0.3 is 4.98 Å². The summed E-state index contributed by atoms with van der Waals surface area (Å²) >= 11 is 0.331. The van der Waals surface area contributed by atoms with Crippen molar-refractivity contribution in [2.24, 2.45) is 0 Å². The van der Waals surface area contributed by atoms with Crippen molar-refractivity contribution in [3.05, 3.63) is 133 Å². The standard InChI is InChI=1S/C21H12NSe.C15H16N.Ir/c1-2-8-14(9-3-1)20-19-16-11-5-7-13-18(16)23-21(19)15-10-4-6-12-17(15)22-20;1-15(2,3)13-9-10-14(16-11-13)12-7-5-4-6-8-12;/h1-8,10-13H;4-7,9-11H,1-3H3;/q2*-1;. The van der Waals surface area contributed by atoms with Crippen molar-refractivity contribution < 1.29 is 20.1 Å². The van der Waals surface area contributed by atoms with Crippen LogP contribution in [0.1, 0.15) is 26.3 Å². The van der Waals surface area contributed by atoms with Gasteiger partial charge in [0.1, 0.15) is 0 Å². The molecule has 0 aliphatic rings. The first-order chi connectivity index (χ1) is 19.0. The van der Waals surface area contributed by atoms with Crippen LogP contribution < -0.4 is 0 Å². The molecule has 0 unspecified atom stereocenters. The fourth-order valence-corrected chi connectivity index (χ4v) is 7.29. The number of rotatable bonds is 2. The third kappa shape index (κ3) is 5.73. The third-order valence-corrected chi connectivity index (χ3v) is 9.32. The number of aromatic nitrogens is 2. The van der Waals surface area contributed by atoms with Crippen LogP contribution in [-0.4, -0.2) is 24.5 Å². The van der Waals surface area contributed by atoms with Crippen LogP contribution in [0.15, 0.2) is 115 Å². The molecule has 3 aromatic heterocycles. The van der Waals surface area contributed by atoms with E-state index in [1.54, 1.807) is 0 Å². The Bertz CT molecular complexity index is 1870. The first-order valence-electron chi connectivity index (χ1n) is 13.1. The first-order valence-corrected chi connectivity index (χ1v) is 14.8. The minimum atomic E-state index is 0. The van der Waals surface area contributed by atoms with Gasteiger partial charge in [0.25, 0.3) is 0 Å². The topological polar surface area (TPSA) is 25.8 Å². The summed E-state index contributed by atoms with van der Waals surface area (Å²) in [4.78, 5) is 9.48. The molecule has 0 amide bonds. The normalized spacial score (nSPS) is 11.2. The number of benzene rings is 4. The quantitative estimate of drug-likeness (QED) is 0.130. The molecule has 0 saturated heterocycles. The average molecular weight is 760 g/mol. The van der Waals surface area contributed by atoms with Crippen LogP contribution in [0.2, 0.25) is 0 Å². The Morgan fingerprint density at radius 2 is 1.32 bits per heavy atom. The van der Waals surface area contributed by atoms with Gasteiger partial charge in [0.15, 0.2) is 0 Å². The van der Waals surface area contributed by atoms with E-state index in [1.165, 1.54) is 30.2 Å². The molecule has 199 valence electrons. The number of hydrogen-bond donors (Lipinski definition) is 0. The molecule has 40 heavy (non-hydrogen) atoms. The zero-order chi connectivity index (χ0) is 26.8.